The standard InChI is InChI=1S/C9H16O6/c1-9(2)14-7-5(12)3(10)4(11)6(13)8(7)15-9/h3-8,10-13H,1-2H3/t3-,4+,5-,6-,7-,8+/m0/s1. The summed E-state index contributed by atoms with van der Waals surface area (Å²) in [6, 6.07) is 0. The molecule has 2 rings (SSSR count). The first-order valence-electron chi connectivity index (χ1n) is 4.91. The fourth-order valence-electron chi connectivity index (χ4n) is 2.14. The van der Waals surface area contributed by atoms with Gasteiger partial charge in [0.25, 0.3) is 0 Å². The van der Waals surface area contributed by atoms with Crippen LogP contribution in [0.15, 0.2) is 0 Å². The quantitative estimate of drug-likeness (QED) is 0.375. The lowest BCUT2D eigenvalue weighted by Crippen LogP contribution is -2.62. The third-order valence-corrected chi connectivity index (χ3v) is 2.89. The van der Waals surface area contributed by atoms with Gasteiger partial charge in [0.05, 0.1) is 0 Å². The fourth-order valence-corrected chi connectivity index (χ4v) is 2.14. The maximum Gasteiger partial charge on any atom is 0.164 e. The summed E-state index contributed by atoms with van der Waals surface area (Å²) >= 11 is 0. The minimum Gasteiger partial charge on any atom is -0.387 e. The topological polar surface area (TPSA) is 99.4 Å². The van der Waals surface area contributed by atoms with Crippen LogP contribution in [0.1, 0.15) is 13.8 Å². The molecule has 2 aliphatic rings. The minimum atomic E-state index is -1.42. The molecule has 0 radical (unpaired) electrons. The van der Waals surface area contributed by atoms with Crippen molar-refractivity contribution in [2.24, 2.45) is 0 Å². The molecule has 6 heteroatoms. The molecule has 0 aromatic rings. The lowest BCUT2D eigenvalue weighted by molar-refractivity contribution is -0.192. The second kappa shape index (κ2) is 3.38. The average molecular weight is 220 g/mol. The van der Waals surface area contributed by atoms with Gasteiger partial charge in [0, 0.05) is 0 Å². The molecule has 0 aromatic heterocycles. The van der Waals surface area contributed by atoms with Crippen molar-refractivity contribution in [3.63, 3.8) is 0 Å². The van der Waals surface area contributed by atoms with Crippen molar-refractivity contribution in [1.82, 2.24) is 0 Å². The van der Waals surface area contributed by atoms with Crippen LogP contribution in [0.5, 0.6) is 0 Å². The van der Waals surface area contributed by atoms with Crippen molar-refractivity contribution in [2.45, 2.75) is 56.3 Å². The summed E-state index contributed by atoms with van der Waals surface area (Å²) in [4.78, 5) is 0. The fraction of sp³-hybridized carbons (Fsp3) is 1.00. The molecule has 1 heterocycles. The lowest BCUT2D eigenvalue weighted by atomic mass is 9.85. The molecular weight excluding hydrogens is 204 g/mol. The molecule has 0 bridgehead atoms. The Morgan fingerprint density at radius 3 is 1.40 bits per heavy atom. The second-order valence-corrected chi connectivity index (χ2v) is 4.53. The van der Waals surface area contributed by atoms with Gasteiger partial charge in [0.15, 0.2) is 5.79 Å². The molecule has 6 atom stereocenters. The van der Waals surface area contributed by atoms with E-state index in [0.29, 0.717) is 0 Å². The van der Waals surface area contributed by atoms with Crippen LogP contribution in [0.2, 0.25) is 0 Å². The lowest BCUT2D eigenvalue weighted by Gasteiger charge is -2.38. The molecule has 6 nitrogen and oxygen atoms in total. The van der Waals surface area contributed by atoms with Crippen molar-refractivity contribution in [3.05, 3.63) is 0 Å². The Bertz CT molecular complexity index is 231. The van der Waals surface area contributed by atoms with Crippen LogP contribution >= 0.6 is 0 Å². The Labute approximate surface area is 87.1 Å². The van der Waals surface area contributed by atoms with E-state index in [-0.39, 0.29) is 0 Å². The molecule has 0 aromatic carbocycles. The zero-order valence-corrected chi connectivity index (χ0v) is 8.57. The van der Waals surface area contributed by atoms with Crippen LogP contribution in [0.25, 0.3) is 0 Å². The molecule has 1 aliphatic carbocycles. The zero-order chi connectivity index (χ0) is 11.4. The third kappa shape index (κ3) is 1.67. The first kappa shape index (κ1) is 11.3. The van der Waals surface area contributed by atoms with Gasteiger partial charge in [-0.15, -0.1) is 0 Å². The summed E-state index contributed by atoms with van der Waals surface area (Å²) in [5.41, 5.74) is 0. The first-order chi connectivity index (χ1) is 6.83. The molecule has 0 amide bonds. The number of hydrogen-bond donors (Lipinski definition) is 4. The van der Waals surface area contributed by atoms with E-state index in [0.717, 1.165) is 0 Å². The SMILES string of the molecule is CC1(C)O[C@@H]2[C@@H](O)[C@H](O)[C@H](O)[C@H](O)[C@@H]2O1. The second-order valence-electron chi connectivity index (χ2n) is 4.53. The molecule has 1 aliphatic heterocycles. The molecule has 4 N–H and O–H groups in total. The summed E-state index contributed by atoms with van der Waals surface area (Å²) in [5, 5.41) is 38.2. The summed E-state index contributed by atoms with van der Waals surface area (Å²) in [6.45, 7) is 3.28. The number of aliphatic hydroxyl groups is 4. The highest BCUT2D eigenvalue weighted by Crippen LogP contribution is 2.37. The van der Waals surface area contributed by atoms with Crippen molar-refractivity contribution in [1.29, 1.82) is 0 Å². The number of ether oxygens (including phenoxy) is 2. The molecule has 88 valence electrons. The van der Waals surface area contributed by atoms with Crippen LogP contribution in [0.3, 0.4) is 0 Å². The van der Waals surface area contributed by atoms with E-state index < -0.39 is 42.4 Å². The average Bonchev–Trinajstić information content (AvgIpc) is 2.48. The van der Waals surface area contributed by atoms with Crippen LogP contribution < -0.4 is 0 Å². The Morgan fingerprint density at radius 1 is 0.733 bits per heavy atom. The molecular formula is C9H16O6. The Balaban J connectivity index is 2.23. The predicted molar refractivity (Wildman–Crippen MR) is 47.9 cm³/mol. The van der Waals surface area contributed by atoms with Crippen molar-refractivity contribution in [2.75, 3.05) is 0 Å². The summed E-state index contributed by atoms with van der Waals surface area (Å²) < 4.78 is 10.7. The van der Waals surface area contributed by atoms with Gasteiger partial charge in [0.2, 0.25) is 0 Å². The highest BCUT2D eigenvalue weighted by atomic mass is 16.8. The van der Waals surface area contributed by atoms with Crippen LogP contribution in [0.4, 0.5) is 0 Å². The highest BCUT2D eigenvalue weighted by molar-refractivity contribution is 5.03. The van der Waals surface area contributed by atoms with Crippen molar-refractivity contribution in [3.8, 4) is 0 Å². The largest absolute Gasteiger partial charge is 0.387 e. The zero-order valence-electron chi connectivity index (χ0n) is 8.57. The molecule has 1 saturated heterocycles. The minimum absolute atomic E-state index is 0.812. The molecule has 1 saturated carbocycles. The van der Waals surface area contributed by atoms with Gasteiger partial charge < -0.3 is 29.9 Å². The van der Waals surface area contributed by atoms with E-state index in [1.807, 2.05) is 0 Å². The monoisotopic (exact) mass is 220 g/mol. The maximum atomic E-state index is 9.64. The van der Waals surface area contributed by atoms with Gasteiger partial charge in [-0.2, -0.15) is 0 Å². The summed E-state index contributed by atoms with van der Waals surface area (Å²) in [5.74, 6) is -0.929. The van der Waals surface area contributed by atoms with Crippen LogP contribution in [-0.2, 0) is 9.47 Å². The Morgan fingerprint density at radius 2 is 1.07 bits per heavy atom. The predicted octanol–water partition coefficient (Wildman–Crippen LogP) is -2.04. The Hall–Kier alpha value is -0.240. The van der Waals surface area contributed by atoms with Gasteiger partial charge in [-0.25, -0.2) is 0 Å². The molecule has 0 unspecified atom stereocenters. The van der Waals surface area contributed by atoms with Crippen molar-refractivity contribution >= 4 is 0 Å². The van der Waals surface area contributed by atoms with E-state index in [9.17, 15) is 20.4 Å². The van der Waals surface area contributed by atoms with E-state index in [1.54, 1.807) is 13.8 Å². The highest BCUT2D eigenvalue weighted by Gasteiger charge is 2.56. The normalized spacial score (nSPS) is 54.0. The van der Waals surface area contributed by atoms with E-state index in [4.69, 9.17) is 9.47 Å². The Kier molecular flexibility index (Phi) is 2.53. The number of hydrogen-bond acceptors (Lipinski definition) is 6. The number of rotatable bonds is 0. The summed E-state index contributed by atoms with van der Waals surface area (Å²) in [6.07, 6.45) is -6.97. The van der Waals surface area contributed by atoms with Gasteiger partial charge in [-0.3, -0.25) is 0 Å². The first-order valence-corrected chi connectivity index (χ1v) is 4.91. The van der Waals surface area contributed by atoms with Gasteiger partial charge in [0.1, 0.15) is 36.6 Å². The van der Waals surface area contributed by atoms with Gasteiger partial charge in [-0.1, -0.05) is 0 Å². The smallest absolute Gasteiger partial charge is 0.164 e. The molecule has 2 fully saturated rings. The van der Waals surface area contributed by atoms with E-state index in [1.165, 1.54) is 0 Å². The van der Waals surface area contributed by atoms with Gasteiger partial charge >= 0.3 is 0 Å². The molecule has 0 spiro atoms. The van der Waals surface area contributed by atoms with E-state index in [2.05, 4.69) is 0 Å². The van der Waals surface area contributed by atoms with Crippen LogP contribution in [0, 0.1) is 0 Å². The van der Waals surface area contributed by atoms with Crippen molar-refractivity contribution < 1.29 is 29.9 Å². The van der Waals surface area contributed by atoms with E-state index >= 15 is 0 Å². The van der Waals surface area contributed by atoms with Crippen LogP contribution in [-0.4, -0.2) is 62.8 Å². The maximum absolute atomic E-state index is 9.64. The summed E-state index contributed by atoms with van der Waals surface area (Å²) in [7, 11) is 0. The molecule has 15 heavy (non-hydrogen) atoms. The van der Waals surface area contributed by atoms with Gasteiger partial charge in [-0.05, 0) is 13.8 Å². The third-order valence-electron chi connectivity index (χ3n) is 2.89. The number of fused-ring (bicyclic) bond motifs is 1. The number of aliphatic hydroxyl groups excluding tert-OH is 4.